The first-order valence-corrected chi connectivity index (χ1v) is 27.0. The van der Waals surface area contributed by atoms with Crippen LogP contribution in [0.2, 0.25) is 82.7 Å². The molecule has 7 nitrogen and oxygen atoms in total. The molecule has 242 valence electrons. The monoisotopic (exact) mass is 648 g/mol. The van der Waals surface area contributed by atoms with E-state index < -0.39 is 66.3 Å². The van der Waals surface area contributed by atoms with Crippen molar-refractivity contribution in [1.29, 1.82) is 0 Å². The van der Waals surface area contributed by atoms with Gasteiger partial charge in [0.15, 0.2) is 13.9 Å². The SMILES string of the molecule is CC[Si](CC)(CC)OC(C(=O)O)(C(C(=O)O)[Si](CC)(CC)CC)C(C(=O)O)([Si](CC)(CC)CC)[Si](CC)(CC)CC. The molecule has 2 unspecified atom stereocenters. The molecule has 0 saturated heterocycles. The van der Waals surface area contributed by atoms with Crippen LogP contribution in [0.5, 0.6) is 0 Å². The highest BCUT2D eigenvalue weighted by Gasteiger charge is 2.82. The van der Waals surface area contributed by atoms with E-state index in [0.29, 0.717) is 72.5 Å². The lowest BCUT2D eigenvalue weighted by Crippen LogP contribution is -2.81. The molecule has 0 saturated carbocycles. The fraction of sp³-hybridized carbons (Fsp3) is 0.900. The van der Waals surface area contributed by atoms with E-state index in [1.165, 1.54) is 0 Å². The van der Waals surface area contributed by atoms with Gasteiger partial charge in [0.25, 0.3) is 0 Å². The fourth-order valence-corrected chi connectivity index (χ4v) is 34.3. The lowest BCUT2D eigenvalue weighted by molar-refractivity contribution is -0.171. The first kappa shape index (κ1) is 40.2. The highest BCUT2D eigenvalue weighted by atomic mass is 28.4. The second kappa shape index (κ2) is 15.8. The van der Waals surface area contributed by atoms with Gasteiger partial charge in [-0.15, -0.1) is 0 Å². The summed E-state index contributed by atoms with van der Waals surface area (Å²) in [5, 5.41) is 35.2. The summed E-state index contributed by atoms with van der Waals surface area (Å²) < 4.78 is 5.69. The second-order valence-electron chi connectivity index (χ2n) is 12.3. The van der Waals surface area contributed by atoms with E-state index in [2.05, 4.69) is 0 Å². The molecule has 0 aliphatic heterocycles. The van der Waals surface area contributed by atoms with Gasteiger partial charge in [-0.05, 0) is 18.1 Å². The standard InChI is InChI=1S/C30H64O7Si4/c1-13-38(14-2,15-3)25(26(31)32)29(27(33)34,37-41(22-10,23-11)24-12)30(28(35)36,39(16-4,17-5)18-6)40(19-7,20-8)21-9/h25H,13-24H2,1-12H3,(H,31,32)(H,33,34)(H,35,36). The van der Waals surface area contributed by atoms with Crippen molar-refractivity contribution in [2.24, 2.45) is 0 Å². The van der Waals surface area contributed by atoms with Crippen LogP contribution in [-0.2, 0) is 18.8 Å². The lowest BCUT2D eigenvalue weighted by atomic mass is 9.92. The first-order valence-electron chi connectivity index (χ1n) is 16.5. The van der Waals surface area contributed by atoms with Gasteiger partial charge in [-0.25, -0.2) is 4.79 Å². The Bertz CT molecular complexity index is 812. The van der Waals surface area contributed by atoms with Crippen molar-refractivity contribution < 1.29 is 34.1 Å². The van der Waals surface area contributed by atoms with E-state index in [1.807, 2.05) is 83.1 Å². The molecule has 0 spiro atoms. The third-order valence-electron chi connectivity index (χ3n) is 12.5. The van der Waals surface area contributed by atoms with Crippen molar-refractivity contribution >= 4 is 50.4 Å². The van der Waals surface area contributed by atoms with E-state index in [4.69, 9.17) is 4.43 Å². The molecule has 0 fully saturated rings. The van der Waals surface area contributed by atoms with E-state index in [9.17, 15) is 29.7 Å². The highest BCUT2D eigenvalue weighted by molar-refractivity contribution is 7.06. The van der Waals surface area contributed by atoms with Gasteiger partial charge in [-0.1, -0.05) is 137 Å². The molecule has 0 rings (SSSR count). The van der Waals surface area contributed by atoms with Crippen LogP contribution in [0.25, 0.3) is 0 Å². The largest absolute Gasteiger partial charge is 0.481 e. The Morgan fingerprint density at radius 1 is 0.537 bits per heavy atom. The summed E-state index contributed by atoms with van der Waals surface area (Å²) >= 11 is 0. The molecular weight excluding hydrogens is 585 g/mol. The molecule has 0 radical (unpaired) electrons. The molecule has 0 aliphatic rings. The predicted molar refractivity (Wildman–Crippen MR) is 182 cm³/mol. The minimum Gasteiger partial charge on any atom is -0.481 e. The van der Waals surface area contributed by atoms with Crippen LogP contribution >= 0.6 is 0 Å². The van der Waals surface area contributed by atoms with Crippen LogP contribution in [0.15, 0.2) is 0 Å². The topological polar surface area (TPSA) is 121 Å². The van der Waals surface area contributed by atoms with Crippen molar-refractivity contribution in [3.63, 3.8) is 0 Å². The van der Waals surface area contributed by atoms with Gasteiger partial charge in [-0.2, -0.15) is 0 Å². The number of rotatable bonds is 22. The maximum absolute atomic E-state index is 14.7. The Hall–Kier alpha value is -0.762. The Morgan fingerprint density at radius 2 is 0.854 bits per heavy atom. The summed E-state index contributed by atoms with van der Waals surface area (Å²) in [6, 6.07) is 7.09. The van der Waals surface area contributed by atoms with Crippen molar-refractivity contribution in [3.8, 4) is 0 Å². The molecule has 0 amide bonds. The molecular formula is C30H64O7Si4. The van der Waals surface area contributed by atoms with Gasteiger partial charge < -0.3 is 19.7 Å². The third-order valence-corrected chi connectivity index (χ3v) is 38.9. The van der Waals surface area contributed by atoms with Gasteiger partial charge in [-0.3, -0.25) is 9.59 Å². The summed E-state index contributed by atoms with van der Waals surface area (Å²) in [4.78, 5) is 43.1. The van der Waals surface area contributed by atoms with E-state index in [1.54, 1.807) is 0 Å². The molecule has 3 N–H and O–H groups in total. The number of carboxylic acid groups (broad SMARTS) is 3. The Kier molecular flexibility index (Phi) is 15.5. The minimum absolute atomic E-state index is 0.571. The average molecular weight is 649 g/mol. The first-order chi connectivity index (χ1) is 19.1. The van der Waals surface area contributed by atoms with Crippen LogP contribution in [-0.4, -0.2) is 71.4 Å². The van der Waals surface area contributed by atoms with E-state index in [0.717, 1.165) is 0 Å². The second-order valence-corrected chi connectivity index (χ2v) is 33.8. The number of hydrogen-bond donors (Lipinski definition) is 3. The van der Waals surface area contributed by atoms with Gasteiger partial charge in [0.05, 0.1) is 34.4 Å². The lowest BCUT2D eigenvalue weighted by Gasteiger charge is -2.66. The summed E-state index contributed by atoms with van der Waals surface area (Å²) in [6.45, 7) is 24.2. The fourth-order valence-electron chi connectivity index (χ4n) is 9.27. The molecule has 2 atom stereocenters. The normalized spacial score (nSPS) is 15.8. The summed E-state index contributed by atoms with van der Waals surface area (Å²) in [6.07, 6.45) is 0. The molecule has 0 aromatic rings. The molecule has 0 aliphatic carbocycles. The maximum atomic E-state index is 14.7. The zero-order valence-electron chi connectivity index (χ0n) is 28.5. The van der Waals surface area contributed by atoms with Crippen LogP contribution in [0.4, 0.5) is 0 Å². The smallest absolute Gasteiger partial charge is 0.336 e. The summed E-state index contributed by atoms with van der Waals surface area (Å²) in [5.74, 6) is -3.58. The van der Waals surface area contributed by atoms with Crippen LogP contribution in [0.1, 0.15) is 83.1 Å². The minimum atomic E-state index is -3.08. The number of aliphatic carboxylic acids is 3. The van der Waals surface area contributed by atoms with E-state index in [-0.39, 0.29) is 0 Å². The molecule has 11 heteroatoms. The number of hydrogen-bond acceptors (Lipinski definition) is 4. The van der Waals surface area contributed by atoms with Crippen molar-refractivity contribution in [3.05, 3.63) is 0 Å². The molecule has 0 aromatic heterocycles. The quantitative estimate of drug-likeness (QED) is 0.100. The highest BCUT2D eigenvalue weighted by Crippen LogP contribution is 2.69. The third kappa shape index (κ3) is 5.87. The Labute approximate surface area is 255 Å². The molecule has 0 aromatic carbocycles. The van der Waals surface area contributed by atoms with Gasteiger partial charge in [0.1, 0.15) is 0 Å². The van der Waals surface area contributed by atoms with Gasteiger partial charge in [0, 0.05) is 0 Å². The zero-order valence-corrected chi connectivity index (χ0v) is 32.5. The van der Waals surface area contributed by atoms with Crippen molar-refractivity contribution in [2.75, 3.05) is 0 Å². The molecule has 41 heavy (non-hydrogen) atoms. The van der Waals surface area contributed by atoms with Crippen LogP contribution in [0, 0.1) is 0 Å². The average Bonchev–Trinajstić information content (AvgIpc) is 2.98. The predicted octanol–water partition coefficient (Wildman–Crippen LogP) is 9.18. The van der Waals surface area contributed by atoms with Crippen LogP contribution in [0.3, 0.4) is 0 Å². The Balaban J connectivity index is 9.47. The van der Waals surface area contributed by atoms with Gasteiger partial charge >= 0.3 is 17.9 Å². The number of carbonyl (C=O) groups is 3. The van der Waals surface area contributed by atoms with Crippen molar-refractivity contribution in [1.82, 2.24) is 0 Å². The van der Waals surface area contributed by atoms with Crippen molar-refractivity contribution in [2.45, 2.75) is 171 Å². The van der Waals surface area contributed by atoms with E-state index >= 15 is 0 Å². The maximum Gasteiger partial charge on any atom is 0.336 e. The molecule has 0 heterocycles. The number of carboxylic acids is 3. The zero-order chi connectivity index (χ0) is 32.5. The summed E-state index contributed by atoms with van der Waals surface area (Å²) in [7, 11) is -12.0. The van der Waals surface area contributed by atoms with Gasteiger partial charge in [0.2, 0.25) is 0 Å². The summed E-state index contributed by atoms with van der Waals surface area (Å²) in [5.41, 5.74) is -3.66. The Morgan fingerprint density at radius 3 is 1.02 bits per heavy atom. The van der Waals surface area contributed by atoms with Crippen LogP contribution < -0.4 is 0 Å². The molecule has 0 bridgehead atoms.